The van der Waals surface area contributed by atoms with Crippen molar-refractivity contribution in [1.82, 2.24) is 0 Å². The zero-order chi connectivity index (χ0) is 9.84. The van der Waals surface area contributed by atoms with E-state index in [-0.39, 0.29) is 32.7 Å². The number of benzene rings is 1. The van der Waals surface area contributed by atoms with Gasteiger partial charge in [0.05, 0.1) is 0 Å². The van der Waals surface area contributed by atoms with Crippen molar-refractivity contribution in [2.45, 2.75) is 40.0 Å². The molecule has 14 heavy (non-hydrogen) atoms. The van der Waals surface area contributed by atoms with Crippen LogP contribution < -0.4 is 0 Å². The average Bonchev–Trinajstić information content (AvgIpc) is 2.04. The van der Waals surface area contributed by atoms with E-state index in [9.17, 15) is 0 Å². The molecule has 0 bridgehead atoms. The molecule has 0 nitrogen and oxygen atoms in total. The first-order valence-corrected chi connectivity index (χ1v) is 5.18. The van der Waals surface area contributed by atoms with Crippen molar-refractivity contribution in [3.8, 4) is 0 Å². The van der Waals surface area contributed by atoms with E-state index in [4.69, 9.17) is 0 Å². The molecule has 0 saturated carbocycles. The van der Waals surface area contributed by atoms with Crippen LogP contribution in [0.15, 0.2) is 24.3 Å². The van der Waals surface area contributed by atoms with E-state index in [1.165, 1.54) is 17.5 Å². The van der Waals surface area contributed by atoms with Crippen LogP contribution in [-0.2, 0) is 39.1 Å². The van der Waals surface area contributed by atoms with Gasteiger partial charge in [0.25, 0.3) is 0 Å². The molecule has 0 spiro atoms. The maximum absolute atomic E-state index is 2.26. The second-order valence-electron chi connectivity index (χ2n) is 4.49. The Labute approximate surface area is 113 Å². The quantitative estimate of drug-likeness (QED) is 0.774. The van der Waals surface area contributed by atoms with Crippen molar-refractivity contribution in [1.29, 1.82) is 0 Å². The van der Waals surface area contributed by atoms with Crippen molar-refractivity contribution in [2.75, 3.05) is 0 Å². The first-order chi connectivity index (χ1) is 6.09. The van der Waals surface area contributed by atoms with Crippen LogP contribution in [0.1, 0.15) is 44.7 Å². The summed E-state index contributed by atoms with van der Waals surface area (Å²) < 4.78 is 0. The summed E-state index contributed by atoms with van der Waals surface area (Å²) >= 11 is 0. The molecule has 0 amide bonds. The summed E-state index contributed by atoms with van der Waals surface area (Å²) in [4.78, 5) is 0. The van der Waals surface area contributed by atoms with Crippen molar-refractivity contribution < 1.29 is 32.7 Å². The third kappa shape index (κ3) is 4.71. The minimum atomic E-state index is 0. The Morgan fingerprint density at radius 2 is 1.43 bits per heavy atom. The molecule has 0 heterocycles. The van der Waals surface area contributed by atoms with Gasteiger partial charge in [0.1, 0.15) is 0 Å². The smallest absolute Gasteiger partial charge is 0 e. The first-order valence-electron chi connectivity index (χ1n) is 5.18. The molecule has 0 N–H and O–H groups in total. The van der Waals surface area contributed by atoms with Gasteiger partial charge in [0, 0.05) is 32.7 Å². The standard InChI is InChI=1S/C13H20.Y/c1-10(2)9-12-5-7-13(8-6-12)11(3)4;/h5-8,10-11H,9H2,1-4H3;. The van der Waals surface area contributed by atoms with Crippen molar-refractivity contribution in [2.24, 2.45) is 5.92 Å². The zero-order valence-corrected chi connectivity index (χ0v) is 12.6. The Bertz CT molecular complexity index is 246. The summed E-state index contributed by atoms with van der Waals surface area (Å²) in [5.74, 6) is 1.40. The summed E-state index contributed by atoms with van der Waals surface area (Å²) in [7, 11) is 0. The van der Waals surface area contributed by atoms with Gasteiger partial charge in [0.15, 0.2) is 0 Å². The van der Waals surface area contributed by atoms with Gasteiger partial charge >= 0.3 is 0 Å². The van der Waals surface area contributed by atoms with Gasteiger partial charge in [-0.1, -0.05) is 52.0 Å². The SMILES string of the molecule is CC(C)Cc1ccc(C(C)C)cc1.[Y]. The maximum atomic E-state index is 2.26. The first kappa shape index (κ1) is 14.3. The van der Waals surface area contributed by atoms with Gasteiger partial charge in [-0.05, 0) is 29.4 Å². The monoisotopic (exact) mass is 265 g/mol. The molecular weight excluding hydrogens is 245 g/mol. The predicted molar refractivity (Wildman–Crippen MR) is 59.1 cm³/mol. The van der Waals surface area contributed by atoms with E-state index in [1.807, 2.05) is 0 Å². The van der Waals surface area contributed by atoms with Crippen molar-refractivity contribution >= 4 is 0 Å². The summed E-state index contributed by atoms with van der Waals surface area (Å²) in [5, 5.41) is 0. The van der Waals surface area contributed by atoms with E-state index >= 15 is 0 Å². The molecule has 1 aromatic carbocycles. The summed E-state index contributed by atoms with van der Waals surface area (Å²) in [6.07, 6.45) is 1.19. The van der Waals surface area contributed by atoms with Gasteiger partial charge in [-0.25, -0.2) is 0 Å². The van der Waals surface area contributed by atoms with E-state index in [0.717, 1.165) is 5.92 Å². The van der Waals surface area contributed by atoms with Crippen LogP contribution in [0.4, 0.5) is 0 Å². The van der Waals surface area contributed by atoms with E-state index < -0.39 is 0 Å². The molecule has 1 aromatic rings. The molecule has 0 aliphatic rings. The fraction of sp³-hybridized carbons (Fsp3) is 0.538. The van der Waals surface area contributed by atoms with Crippen LogP contribution in [0.2, 0.25) is 0 Å². The third-order valence-corrected chi connectivity index (χ3v) is 2.29. The van der Waals surface area contributed by atoms with Gasteiger partial charge < -0.3 is 0 Å². The molecule has 0 atom stereocenters. The van der Waals surface area contributed by atoms with Gasteiger partial charge in [-0.15, -0.1) is 0 Å². The number of rotatable bonds is 3. The molecule has 0 aliphatic carbocycles. The fourth-order valence-corrected chi connectivity index (χ4v) is 1.51. The topological polar surface area (TPSA) is 0 Å². The largest absolute Gasteiger partial charge is 0.0625 e. The van der Waals surface area contributed by atoms with Crippen LogP contribution in [0.25, 0.3) is 0 Å². The average molecular weight is 265 g/mol. The van der Waals surface area contributed by atoms with Crippen LogP contribution >= 0.6 is 0 Å². The number of hydrogen-bond acceptors (Lipinski definition) is 0. The maximum Gasteiger partial charge on any atom is 0 e. The predicted octanol–water partition coefficient (Wildman–Crippen LogP) is 4.01. The molecule has 0 fully saturated rings. The Kier molecular flexibility index (Phi) is 6.90. The molecule has 0 aromatic heterocycles. The molecule has 75 valence electrons. The van der Waals surface area contributed by atoms with Crippen molar-refractivity contribution in [3.05, 3.63) is 35.4 Å². The molecule has 0 unspecified atom stereocenters. The van der Waals surface area contributed by atoms with E-state index in [2.05, 4.69) is 52.0 Å². The number of hydrogen-bond donors (Lipinski definition) is 0. The molecule has 1 heteroatoms. The van der Waals surface area contributed by atoms with Gasteiger partial charge in [-0.3, -0.25) is 0 Å². The minimum Gasteiger partial charge on any atom is -0.0625 e. The van der Waals surface area contributed by atoms with E-state index in [1.54, 1.807) is 0 Å². The van der Waals surface area contributed by atoms with Crippen LogP contribution in [0.3, 0.4) is 0 Å². The normalized spacial score (nSPS) is 10.4. The van der Waals surface area contributed by atoms with Crippen molar-refractivity contribution in [3.63, 3.8) is 0 Å². The summed E-state index contributed by atoms with van der Waals surface area (Å²) in [5.41, 5.74) is 2.90. The summed E-state index contributed by atoms with van der Waals surface area (Å²) in [6.45, 7) is 8.99. The second-order valence-corrected chi connectivity index (χ2v) is 4.49. The molecular formula is C13H20Y. The fourth-order valence-electron chi connectivity index (χ4n) is 1.51. The molecule has 1 rings (SSSR count). The summed E-state index contributed by atoms with van der Waals surface area (Å²) in [6, 6.07) is 9.02. The van der Waals surface area contributed by atoms with Gasteiger partial charge in [0.2, 0.25) is 0 Å². The molecule has 1 radical (unpaired) electrons. The third-order valence-electron chi connectivity index (χ3n) is 2.29. The Hall–Kier alpha value is 0.324. The van der Waals surface area contributed by atoms with Crippen LogP contribution in [-0.4, -0.2) is 0 Å². The van der Waals surface area contributed by atoms with Crippen LogP contribution in [0.5, 0.6) is 0 Å². The second kappa shape index (κ2) is 6.74. The van der Waals surface area contributed by atoms with E-state index in [0.29, 0.717) is 5.92 Å². The zero-order valence-electron chi connectivity index (χ0n) is 9.75. The molecule has 0 saturated heterocycles. The Morgan fingerprint density at radius 3 is 1.79 bits per heavy atom. The van der Waals surface area contributed by atoms with Crippen LogP contribution in [0, 0.1) is 5.92 Å². The Morgan fingerprint density at radius 1 is 0.929 bits per heavy atom. The molecule has 0 aliphatic heterocycles. The Balaban J connectivity index is 0.00000169. The van der Waals surface area contributed by atoms with Gasteiger partial charge in [-0.2, -0.15) is 0 Å². The minimum absolute atomic E-state index is 0.